The Morgan fingerprint density at radius 2 is 1.67 bits per heavy atom. The molecule has 3 aromatic rings. The highest BCUT2D eigenvalue weighted by atomic mass is 16.5. The third-order valence-electron chi connectivity index (χ3n) is 5.30. The molecule has 7 heteroatoms. The summed E-state index contributed by atoms with van der Waals surface area (Å²) in [5.41, 5.74) is 1.74. The number of rotatable bonds is 5. The number of nitrogens with one attached hydrogen (secondary N) is 1. The van der Waals surface area contributed by atoms with E-state index < -0.39 is 0 Å². The molecule has 0 radical (unpaired) electrons. The third-order valence-corrected chi connectivity index (χ3v) is 5.30. The second-order valence-electron chi connectivity index (χ2n) is 7.24. The van der Waals surface area contributed by atoms with Gasteiger partial charge in [0, 0.05) is 30.9 Å². The van der Waals surface area contributed by atoms with Gasteiger partial charge >= 0.3 is 0 Å². The zero-order valence-electron chi connectivity index (χ0n) is 16.8. The van der Waals surface area contributed by atoms with E-state index in [-0.39, 0.29) is 23.2 Å². The first-order chi connectivity index (χ1) is 14.6. The summed E-state index contributed by atoms with van der Waals surface area (Å²) in [6.07, 6.45) is 1.69. The van der Waals surface area contributed by atoms with Gasteiger partial charge in [-0.05, 0) is 55.3 Å². The summed E-state index contributed by atoms with van der Waals surface area (Å²) in [4.78, 5) is 27.2. The molecule has 1 aliphatic rings. The number of nitrogens with zero attached hydrogens (tertiary/aromatic N) is 3. The van der Waals surface area contributed by atoms with E-state index in [0.29, 0.717) is 5.69 Å². The molecule has 0 aliphatic carbocycles. The van der Waals surface area contributed by atoms with Crippen molar-refractivity contribution < 1.29 is 9.53 Å². The minimum absolute atomic E-state index is 0.0749. The highest BCUT2D eigenvalue weighted by Crippen LogP contribution is 2.23. The van der Waals surface area contributed by atoms with Gasteiger partial charge in [0.25, 0.3) is 11.5 Å². The lowest BCUT2D eigenvalue weighted by Crippen LogP contribution is -2.45. The van der Waals surface area contributed by atoms with Crippen molar-refractivity contribution in [2.75, 3.05) is 25.1 Å². The molecule has 1 aromatic heterocycles. The second-order valence-corrected chi connectivity index (χ2v) is 7.24. The van der Waals surface area contributed by atoms with Crippen molar-refractivity contribution in [1.82, 2.24) is 15.1 Å². The van der Waals surface area contributed by atoms with Crippen LogP contribution in [0.15, 0.2) is 71.5 Å². The molecular weight excluding hydrogens is 380 g/mol. The average molecular weight is 404 g/mol. The van der Waals surface area contributed by atoms with Gasteiger partial charge < -0.3 is 15.0 Å². The van der Waals surface area contributed by atoms with E-state index in [1.165, 1.54) is 16.8 Å². The Morgan fingerprint density at radius 1 is 0.967 bits per heavy atom. The standard InChI is InChI=1S/C23H24N4O3/c1-30-20-9-7-18(8-10-20)26-15-13-17(14-16-26)24-23(29)21-11-12-22(28)27(25-21)19-5-3-2-4-6-19/h2-12,17H,13-16H2,1H3,(H,24,29). The van der Waals surface area contributed by atoms with Gasteiger partial charge in [-0.2, -0.15) is 9.78 Å². The molecule has 1 aliphatic heterocycles. The van der Waals surface area contributed by atoms with Gasteiger partial charge in [0.05, 0.1) is 12.8 Å². The molecule has 0 unspecified atom stereocenters. The molecule has 0 spiro atoms. The number of methoxy groups -OCH3 is 1. The molecule has 2 heterocycles. The van der Waals surface area contributed by atoms with Crippen LogP contribution in [0.25, 0.3) is 5.69 Å². The van der Waals surface area contributed by atoms with E-state index in [1.54, 1.807) is 19.2 Å². The van der Waals surface area contributed by atoms with Crippen LogP contribution in [-0.2, 0) is 0 Å². The first kappa shape index (κ1) is 19.7. The third kappa shape index (κ3) is 4.35. The van der Waals surface area contributed by atoms with Gasteiger partial charge in [-0.25, -0.2) is 0 Å². The first-order valence-corrected chi connectivity index (χ1v) is 10.00. The van der Waals surface area contributed by atoms with Crippen molar-refractivity contribution in [3.8, 4) is 11.4 Å². The summed E-state index contributed by atoms with van der Waals surface area (Å²) in [7, 11) is 1.66. The summed E-state index contributed by atoms with van der Waals surface area (Å²) in [5.74, 6) is 0.577. The fourth-order valence-corrected chi connectivity index (χ4v) is 3.62. The number of aromatic nitrogens is 2. The SMILES string of the molecule is COc1ccc(N2CCC(NC(=O)c3ccc(=O)n(-c4ccccc4)n3)CC2)cc1. The Hall–Kier alpha value is -3.61. The van der Waals surface area contributed by atoms with Crippen LogP contribution < -0.4 is 20.5 Å². The smallest absolute Gasteiger partial charge is 0.271 e. The van der Waals surface area contributed by atoms with Crippen LogP contribution in [0.3, 0.4) is 0 Å². The number of para-hydroxylation sites is 1. The van der Waals surface area contributed by atoms with Crippen LogP contribution in [0, 0.1) is 0 Å². The van der Waals surface area contributed by atoms with E-state index in [4.69, 9.17) is 4.74 Å². The molecule has 7 nitrogen and oxygen atoms in total. The van der Waals surface area contributed by atoms with Crippen molar-refractivity contribution in [1.29, 1.82) is 0 Å². The number of hydrogen-bond acceptors (Lipinski definition) is 5. The minimum Gasteiger partial charge on any atom is -0.497 e. The Kier molecular flexibility index (Phi) is 5.79. The predicted molar refractivity (Wildman–Crippen MR) is 116 cm³/mol. The van der Waals surface area contributed by atoms with Crippen LogP contribution in [0.5, 0.6) is 5.75 Å². The number of piperidine rings is 1. The number of benzene rings is 2. The van der Waals surface area contributed by atoms with Crippen LogP contribution in [0.4, 0.5) is 5.69 Å². The van der Waals surface area contributed by atoms with Gasteiger partial charge in [-0.1, -0.05) is 18.2 Å². The summed E-state index contributed by atoms with van der Waals surface area (Å²) in [6.45, 7) is 1.71. The van der Waals surface area contributed by atoms with Crippen molar-refractivity contribution in [3.63, 3.8) is 0 Å². The van der Waals surface area contributed by atoms with Crippen LogP contribution >= 0.6 is 0 Å². The predicted octanol–water partition coefficient (Wildman–Crippen LogP) is 2.64. The Morgan fingerprint density at radius 3 is 2.33 bits per heavy atom. The second kappa shape index (κ2) is 8.82. The van der Waals surface area contributed by atoms with Crippen molar-refractivity contribution in [3.05, 3.63) is 82.8 Å². The summed E-state index contributed by atoms with van der Waals surface area (Å²) < 4.78 is 6.46. The summed E-state index contributed by atoms with van der Waals surface area (Å²) >= 11 is 0. The molecule has 2 aromatic carbocycles. The maximum absolute atomic E-state index is 12.7. The van der Waals surface area contributed by atoms with Crippen molar-refractivity contribution in [2.24, 2.45) is 0 Å². The average Bonchev–Trinajstić information content (AvgIpc) is 2.80. The Bertz CT molecular complexity index is 1060. The molecule has 1 amide bonds. The van der Waals surface area contributed by atoms with Crippen LogP contribution in [0.2, 0.25) is 0 Å². The largest absolute Gasteiger partial charge is 0.497 e. The maximum atomic E-state index is 12.7. The van der Waals surface area contributed by atoms with Gasteiger partial charge in [0.15, 0.2) is 0 Å². The van der Waals surface area contributed by atoms with E-state index in [0.717, 1.165) is 37.4 Å². The highest BCUT2D eigenvalue weighted by Gasteiger charge is 2.22. The lowest BCUT2D eigenvalue weighted by molar-refractivity contribution is 0.0924. The molecule has 154 valence electrons. The molecule has 1 fully saturated rings. The van der Waals surface area contributed by atoms with Gasteiger partial charge in [0.2, 0.25) is 0 Å². The van der Waals surface area contributed by atoms with Crippen molar-refractivity contribution in [2.45, 2.75) is 18.9 Å². The summed E-state index contributed by atoms with van der Waals surface area (Å²) in [6, 6.07) is 20.0. The number of hydrogen-bond donors (Lipinski definition) is 1. The number of carbonyl (C=O) groups excluding carboxylic acids is 1. The first-order valence-electron chi connectivity index (χ1n) is 10.00. The highest BCUT2D eigenvalue weighted by molar-refractivity contribution is 5.92. The molecule has 4 rings (SSSR count). The van der Waals surface area contributed by atoms with Crippen LogP contribution in [0.1, 0.15) is 23.3 Å². The minimum atomic E-state index is -0.273. The fourth-order valence-electron chi connectivity index (χ4n) is 3.62. The van der Waals surface area contributed by atoms with E-state index in [2.05, 4.69) is 27.4 Å². The Labute approximate surface area is 174 Å². The van der Waals surface area contributed by atoms with E-state index in [1.807, 2.05) is 30.3 Å². The van der Waals surface area contributed by atoms with Crippen molar-refractivity contribution >= 4 is 11.6 Å². The normalized spacial score (nSPS) is 14.4. The molecule has 0 saturated carbocycles. The number of ether oxygens (including phenoxy) is 1. The zero-order valence-corrected chi connectivity index (χ0v) is 16.8. The maximum Gasteiger partial charge on any atom is 0.271 e. The molecule has 1 N–H and O–H groups in total. The fraction of sp³-hybridized carbons (Fsp3) is 0.261. The number of carbonyl (C=O) groups is 1. The monoisotopic (exact) mass is 404 g/mol. The number of anilines is 1. The molecule has 0 bridgehead atoms. The van der Waals surface area contributed by atoms with E-state index in [9.17, 15) is 9.59 Å². The molecular formula is C23H24N4O3. The van der Waals surface area contributed by atoms with Crippen LogP contribution in [-0.4, -0.2) is 41.9 Å². The molecule has 1 saturated heterocycles. The quantitative estimate of drug-likeness (QED) is 0.708. The lowest BCUT2D eigenvalue weighted by Gasteiger charge is -2.34. The van der Waals surface area contributed by atoms with Gasteiger partial charge in [-0.3, -0.25) is 9.59 Å². The number of amides is 1. The molecule has 30 heavy (non-hydrogen) atoms. The molecule has 0 atom stereocenters. The Balaban J connectivity index is 1.38. The lowest BCUT2D eigenvalue weighted by atomic mass is 10.0. The zero-order chi connectivity index (χ0) is 20.9. The van der Waals surface area contributed by atoms with Gasteiger partial charge in [-0.15, -0.1) is 0 Å². The summed E-state index contributed by atoms with van der Waals surface area (Å²) in [5, 5.41) is 7.32. The van der Waals surface area contributed by atoms with E-state index >= 15 is 0 Å². The topological polar surface area (TPSA) is 76.5 Å². The van der Waals surface area contributed by atoms with Gasteiger partial charge in [0.1, 0.15) is 11.4 Å².